The summed E-state index contributed by atoms with van der Waals surface area (Å²) in [5.74, 6) is 0.363. The van der Waals surface area contributed by atoms with Crippen molar-refractivity contribution in [2.75, 3.05) is 11.9 Å². The van der Waals surface area contributed by atoms with E-state index in [1.54, 1.807) is 20.8 Å². The summed E-state index contributed by atoms with van der Waals surface area (Å²) in [6.07, 6.45) is 0.219. The number of anilines is 1. The van der Waals surface area contributed by atoms with Gasteiger partial charge in [0.2, 0.25) is 5.13 Å². The molecule has 3 N–H and O–H groups in total. The zero-order valence-electron chi connectivity index (χ0n) is 14.2. The maximum absolute atomic E-state index is 11.9. The first kappa shape index (κ1) is 19.1. The fourth-order valence-corrected chi connectivity index (χ4v) is 2.27. The van der Waals surface area contributed by atoms with Gasteiger partial charge in [-0.3, -0.25) is 5.32 Å². The van der Waals surface area contributed by atoms with Crippen LogP contribution in [-0.2, 0) is 4.74 Å². The van der Waals surface area contributed by atoms with Crippen LogP contribution >= 0.6 is 11.3 Å². The molecule has 1 aromatic heterocycles. The van der Waals surface area contributed by atoms with Gasteiger partial charge in [-0.15, -0.1) is 10.2 Å². The fourth-order valence-electron chi connectivity index (χ4n) is 1.83. The summed E-state index contributed by atoms with van der Waals surface area (Å²) in [4.78, 5) is 23.7. The molecule has 0 spiro atoms. The molecule has 0 aromatic carbocycles. The lowest BCUT2D eigenvalue weighted by atomic mass is 10.0. The van der Waals surface area contributed by atoms with Gasteiger partial charge in [0.05, 0.1) is 0 Å². The number of hydrogen-bond acceptors (Lipinski definition) is 6. The van der Waals surface area contributed by atoms with E-state index in [9.17, 15) is 9.59 Å². The van der Waals surface area contributed by atoms with E-state index < -0.39 is 11.7 Å². The van der Waals surface area contributed by atoms with Crippen molar-refractivity contribution < 1.29 is 14.3 Å². The van der Waals surface area contributed by atoms with Gasteiger partial charge < -0.3 is 15.4 Å². The molecule has 1 unspecified atom stereocenters. The van der Waals surface area contributed by atoms with Crippen molar-refractivity contribution in [3.8, 4) is 0 Å². The second kappa shape index (κ2) is 8.66. The van der Waals surface area contributed by atoms with E-state index in [-0.39, 0.29) is 18.6 Å². The number of carbonyl (C=O) groups is 2. The predicted molar refractivity (Wildman–Crippen MR) is 89.5 cm³/mol. The molecule has 1 heterocycles. The van der Waals surface area contributed by atoms with Gasteiger partial charge in [0, 0.05) is 12.6 Å². The van der Waals surface area contributed by atoms with E-state index in [1.807, 2.05) is 13.8 Å². The van der Waals surface area contributed by atoms with Crippen LogP contribution in [0.1, 0.15) is 41.0 Å². The molecule has 0 aliphatic heterocycles. The quantitative estimate of drug-likeness (QED) is 0.736. The SMILES string of the molecule is CC(C)CC(CNC(=O)OC(C)(C)C)NC(=O)Nc1nncs1. The van der Waals surface area contributed by atoms with Crippen LogP contribution < -0.4 is 16.0 Å². The highest BCUT2D eigenvalue weighted by molar-refractivity contribution is 7.13. The standard InChI is InChI=1S/C14H25N5O3S/c1-9(2)6-10(7-15-13(21)22-14(3,4)5)17-11(20)18-12-19-16-8-23-12/h8-10H,6-7H2,1-5H3,(H,15,21)(H2,17,18,19,20). The molecule has 23 heavy (non-hydrogen) atoms. The van der Waals surface area contributed by atoms with E-state index >= 15 is 0 Å². The van der Waals surface area contributed by atoms with Crippen molar-refractivity contribution in [2.45, 2.75) is 52.7 Å². The van der Waals surface area contributed by atoms with Gasteiger partial charge in [-0.05, 0) is 33.1 Å². The Hall–Kier alpha value is -1.90. The summed E-state index contributed by atoms with van der Waals surface area (Å²) in [6.45, 7) is 9.77. The van der Waals surface area contributed by atoms with Crippen molar-refractivity contribution in [1.82, 2.24) is 20.8 Å². The third-order valence-electron chi connectivity index (χ3n) is 2.56. The van der Waals surface area contributed by atoms with Gasteiger partial charge in [-0.25, -0.2) is 9.59 Å². The molecule has 1 aromatic rings. The Labute approximate surface area is 140 Å². The zero-order valence-corrected chi connectivity index (χ0v) is 15.0. The Balaban J connectivity index is 2.48. The van der Waals surface area contributed by atoms with Crippen molar-refractivity contribution in [3.63, 3.8) is 0 Å². The molecular formula is C14H25N5O3S. The average Bonchev–Trinajstić information content (AvgIpc) is 2.85. The Bertz CT molecular complexity index is 499. The molecule has 0 saturated carbocycles. The fraction of sp³-hybridized carbons (Fsp3) is 0.714. The summed E-state index contributed by atoms with van der Waals surface area (Å²) in [5, 5.41) is 15.9. The number of carbonyl (C=O) groups excluding carboxylic acids is 2. The lowest BCUT2D eigenvalue weighted by molar-refractivity contribution is 0.0521. The average molecular weight is 343 g/mol. The molecule has 9 heteroatoms. The molecule has 1 rings (SSSR count). The van der Waals surface area contributed by atoms with Gasteiger partial charge in [0.1, 0.15) is 11.1 Å². The number of amides is 3. The van der Waals surface area contributed by atoms with E-state index in [0.717, 1.165) is 6.42 Å². The minimum Gasteiger partial charge on any atom is -0.444 e. The van der Waals surface area contributed by atoms with Crippen LogP contribution in [-0.4, -0.2) is 40.5 Å². The van der Waals surface area contributed by atoms with Crippen LogP contribution in [0.5, 0.6) is 0 Å². The lowest BCUT2D eigenvalue weighted by Crippen LogP contribution is -2.46. The summed E-state index contributed by atoms with van der Waals surface area (Å²) in [5.41, 5.74) is 0.978. The van der Waals surface area contributed by atoms with Crippen LogP contribution in [0.2, 0.25) is 0 Å². The smallest absolute Gasteiger partial charge is 0.407 e. The molecule has 130 valence electrons. The van der Waals surface area contributed by atoms with E-state index in [2.05, 4.69) is 26.1 Å². The van der Waals surface area contributed by atoms with Gasteiger partial charge in [-0.1, -0.05) is 25.2 Å². The molecule has 3 amide bonds. The first-order valence-electron chi connectivity index (χ1n) is 7.46. The van der Waals surface area contributed by atoms with Crippen molar-refractivity contribution in [1.29, 1.82) is 0 Å². The second-order valence-corrected chi connectivity index (χ2v) is 7.38. The Morgan fingerprint density at radius 2 is 2.04 bits per heavy atom. The molecule has 0 aliphatic rings. The highest BCUT2D eigenvalue weighted by atomic mass is 32.1. The number of alkyl carbamates (subject to hydrolysis) is 1. The highest BCUT2D eigenvalue weighted by Crippen LogP contribution is 2.09. The van der Waals surface area contributed by atoms with E-state index in [4.69, 9.17) is 4.74 Å². The first-order valence-corrected chi connectivity index (χ1v) is 8.34. The molecule has 8 nitrogen and oxygen atoms in total. The van der Waals surface area contributed by atoms with Crippen molar-refractivity contribution in [3.05, 3.63) is 5.51 Å². The number of ether oxygens (including phenoxy) is 1. The van der Waals surface area contributed by atoms with Crippen LogP contribution in [0.3, 0.4) is 0 Å². The maximum atomic E-state index is 11.9. The number of hydrogen-bond donors (Lipinski definition) is 3. The van der Waals surface area contributed by atoms with Crippen molar-refractivity contribution in [2.24, 2.45) is 5.92 Å². The molecule has 0 radical (unpaired) electrons. The first-order chi connectivity index (χ1) is 10.7. The second-order valence-electron chi connectivity index (χ2n) is 6.55. The third kappa shape index (κ3) is 8.97. The summed E-state index contributed by atoms with van der Waals surface area (Å²) in [6, 6.07) is -0.589. The Kier molecular flexibility index (Phi) is 7.21. The highest BCUT2D eigenvalue weighted by Gasteiger charge is 2.19. The summed E-state index contributed by atoms with van der Waals surface area (Å²) >= 11 is 1.23. The maximum Gasteiger partial charge on any atom is 0.407 e. The molecule has 0 bridgehead atoms. The topological polar surface area (TPSA) is 105 Å². The van der Waals surface area contributed by atoms with Crippen LogP contribution in [0.25, 0.3) is 0 Å². The van der Waals surface area contributed by atoms with Crippen molar-refractivity contribution >= 4 is 28.6 Å². The Morgan fingerprint density at radius 1 is 1.35 bits per heavy atom. The lowest BCUT2D eigenvalue weighted by Gasteiger charge is -2.23. The van der Waals surface area contributed by atoms with Gasteiger partial charge >= 0.3 is 12.1 Å². The summed E-state index contributed by atoms with van der Waals surface area (Å²) in [7, 11) is 0. The molecule has 0 saturated heterocycles. The number of urea groups is 1. The largest absolute Gasteiger partial charge is 0.444 e. The van der Waals surface area contributed by atoms with E-state index in [1.165, 1.54) is 16.8 Å². The third-order valence-corrected chi connectivity index (χ3v) is 3.17. The van der Waals surface area contributed by atoms with Crippen LogP contribution in [0.15, 0.2) is 5.51 Å². The molecule has 1 atom stereocenters. The monoisotopic (exact) mass is 343 g/mol. The molecule has 0 fully saturated rings. The minimum absolute atomic E-state index is 0.213. The minimum atomic E-state index is -0.555. The predicted octanol–water partition coefficient (Wildman–Crippen LogP) is 2.60. The van der Waals surface area contributed by atoms with Crippen LogP contribution in [0.4, 0.5) is 14.7 Å². The van der Waals surface area contributed by atoms with Gasteiger partial charge in [0.15, 0.2) is 0 Å². The molecule has 0 aliphatic carbocycles. The normalized spacial score (nSPS) is 12.6. The number of nitrogens with one attached hydrogen (secondary N) is 3. The summed E-state index contributed by atoms with van der Waals surface area (Å²) < 4.78 is 5.19. The zero-order chi connectivity index (χ0) is 17.5. The van der Waals surface area contributed by atoms with Crippen LogP contribution in [0, 0.1) is 5.92 Å². The van der Waals surface area contributed by atoms with Gasteiger partial charge in [-0.2, -0.15) is 0 Å². The molecular weight excluding hydrogens is 318 g/mol. The van der Waals surface area contributed by atoms with E-state index in [0.29, 0.717) is 11.0 Å². The number of rotatable bonds is 6. The Morgan fingerprint density at radius 3 is 2.57 bits per heavy atom. The number of nitrogens with zero attached hydrogens (tertiary/aromatic N) is 2. The van der Waals surface area contributed by atoms with Gasteiger partial charge in [0.25, 0.3) is 0 Å². The number of aromatic nitrogens is 2.